The molecule has 1 amide bonds. The van der Waals surface area contributed by atoms with Gasteiger partial charge in [-0.15, -0.1) is 0 Å². The highest BCUT2D eigenvalue weighted by Crippen LogP contribution is 2.16. The Kier molecular flexibility index (Phi) is 4.15. The third-order valence-corrected chi connectivity index (χ3v) is 2.36. The van der Waals surface area contributed by atoms with Gasteiger partial charge >= 0.3 is 6.09 Å². The van der Waals surface area contributed by atoms with Gasteiger partial charge in [0, 0.05) is 6.04 Å². The number of nitrogens with zero attached hydrogens (tertiary/aromatic N) is 1. The Hall–Kier alpha value is -0.810. The van der Waals surface area contributed by atoms with Gasteiger partial charge < -0.3 is 19.5 Å². The Morgan fingerprint density at radius 3 is 2.69 bits per heavy atom. The van der Waals surface area contributed by atoms with Crippen LogP contribution >= 0.6 is 0 Å². The second-order valence-electron chi connectivity index (χ2n) is 5.10. The number of aliphatic hydroxyl groups is 1. The molecule has 1 N–H and O–H groups in total. The number of amides is 1. The fourth-order valence-electron chi connectivity index (χ4n) is 1.51. The van der Waals surface area contributed by atoms with Crippen molar-refractivity contribution in [2.45, 2.75) is 52.0 Å². The summed E-state index contributed by atoms with van der Waals surface area (Å²) in [5.41, 5.74) is -0.519. The monoisotopic (exact) mass is 231 g/mol. The van der Waals surface area contributed by atoms with Gasteiger partial charge in [0.05, 0.1) is 13.2 Å². The smallest absolute Gasteiger partial charge is 0.410 e. The number of carbonyl (C=O) groups excluding carboxylic acids is 1. The second kappa shape index (κ2) is 5.01. The van der Waals surface area contributed by atoms with Crippen molar-refractivity contribution in [3.63, 3.8) is 0 Å². The van der Waals surface area contributed by atoms with Crippen LogP contribution < -0.4 is 0 Å². The fraction of sp³-hybridized carbons (Fsp3) is 0.909. The van der Waals surface area contributed by atoms with Crippen molar-refractivity contribution in [1.29, 1.82) is 0 Å². The Bertz CT molecular complexity index is 249. The first-order valence-corrected chi connectivity index (χ1v) is 5.59. The average Bonchev–Trinajstić information content (AvgIpc) is 2.25. The Labute approximate surface area is 96.3 Å². The van der Waals surface area contributed by atoms with E-state index >= 15 is 0 Å². The lowest BCUT2D eigenvalue weighted by Crippen LogP contribution is -2.44. The third-order valence-electron chi connectivity index (χ3n) is 2.36. The van der Waals surface area contributed by atoms with Gasteiger partial charge in [0.25, 0.3) is 0 Å². The van der Waals surface area contributed by atoms with Crippen LogP contribution in [0.15, 0.2) is 0 Å². The molecule has 2 atom stereocenters. The van der Waals surface area contributed by atoms with Crippen LogP contribution in [0.3, 0.4) is 0 Å². The minimum absolute atomic E-state index is 0.0204. The molecule has 0 aromatic carbocycles. The van der Waals surface area contributed by atoms with E-state index in [9.17, 15) is 9.90 Å². The zero-order chi connectivity index (χ0) is 12.3. The van der Waals surface area contributed by atoms with Gasteiger partial charge in [-0.1, -0.05) is 0 Å². The third kappa shape index (κ3) is 3.98. The van der Waals surface area contributed by atoms with Crippen LogP contribution in [0.2, 0.25) is 0 Å². The van der Waals surface area contributed by atoms with Gasteiger partial charge in [-0.2, -0.15) is 0 Å². The molecule has 94 valence electrons. The highest BCUT2D eigenvalue weighted by molar-refractivity contribution is 5.68. The molecule has 0 bridgehead atoms. The molecule has 1 fully saturated rings. The normalized spacial score (nSPS) is 27.4. The summed E-state index contributed by atoms with van der Waals surface area (Å²) in [6.45, 7) is 8.00. The molecule has 1 aliphatic rings. The Morgan fingerprint density at radius 1 is 1.50 bits per heavy atom. The summed E-state index contributed by atoms with van der Waals surface area (Å²) in [7, 11) is 0. The molecule has 0 aromatic rings. The summed E-state index contributed by atoms with van der Waals surface area (Å²) >= 11 is 0. The van der Waals surface area contributed by atoms with Crippen LogP contribution in [-0.2, 0) is 9.47 Å². The number of hydrogen-bond donors (Lipinski definition) is 1. The molecule has 0 aromatic heterocycles. The highest BCUT2D eigenvalue weighted by atomic mass is 16.6. The molecular formula is C11H21NO4. The lowest BCUT2D eigenvalue weighted by molar-refractivity contribution is -0.0987. The average molecular weight is 231 g/mol. The van der Waals surface area contributed by atoms with Crippen molar-refractivity contribution in [1.82, 2.24) is 4.90 Å². The van der Waals surface area contributed by atoms with Gasteiger partial charge in [-0.05, 0) is 34.1 Å². The Balaban J connectivity index is 2.64. The molecule has 1 rings (SSSR count). The zero-order valence-corrected chi connectivity index (χ0v) is 10.4. The minimum Gasteiger partial charge on any atom is -0.444 e. The van der Waals surface area contributed by atoms with Gasteiger partial charge in [0.1, 0.15) is 5.60 Å². The van der Waals surface area contributed by atoms with E-state index in [2.05, 4.69) is 0 Å². The largest absolute Gasteiger partial charge is 0.444 e. The van der Waals surface area contributed by atoms with Crippen LogP contribution in [0.4, 0.5) is 4.79 Å². The first kappa shape index (κ1) is 13.3. The molecular weight excluding hydrogens is 210 g/mol. The molecule has 16 heavy (non-hydrogen) atoms. The number of β-amino-alcohol motifs (C(OH)–C–C–N with tert-alkyl or cyclic N) is 1. The summed E-state index contributed by atoms with van der Waals surface area (Å²) in [6.07, 6.45) is -0.613. The SMILES string of the molecule is C[C@H]1CCO[C@H](O)CN1C(=O)OC(C)(C)C. The quantitative estimate of drug-likeness (QED) is 0.683. The molecule has 1 aliphatic heterocycles. The zero-order valence-electron chi connectivity index (χ0n) is 10.4. The summed E-state index contributed by atoms with van der Waals surface area (Å²) in [5, 5.41) is 9.45. The lowest BCUT2D eigenvalue weighted by Gasteiger charge is -2.30. The predicted molar refractivity (Wildman–Crippen MR) is 59.0 cm³/mol. The van der Waals surface area contributed by atoms with E-state index in [4.69, 9.17) is 9.47 Å². The van der Waals surface area contributed by atoms with E-state index in [-0.39, 0.29) is 12.6 Å². The van der Waals surface area contributed by atoms with Crippen LogP contribution in [-0.4, -0.2) is 47.2 Å². The van der Waals surface area contributed by atoms with Gasteiger partial charge in [-0.3, -0.25) is 0 Å². The standard InChI is InChI=1S/C11H21NO4/c1-8-5-6-15-9(13)7-12(8)10(14)16-11(2,3)4/h8-9,13H,5-7H2,1-4H3/t8-,9-/m0/s1. The van der Waals surface area contributed by atoms with Gasteiger partial charge in [0.2, 0.25) is 0 Å². The van der Waals surface area contributed by atoms with Gasteiger partial charge in [-0.25, -0.2) is 4.79 Å². The second-order valence-corrected chi connectivity index (χ2v) is 5.10. The van der Waals surface area contributed by atoms with E-state index in [0.29, 0.717) is 13.0 Å². The maximum atomic E-state index is 11.9. The van der Waals surface area contributed by atoms with E-state index in [1.54, 1.807) is 0 Å². The van der Waals surface area contributed by atoms with E-state index in [0.717, 1.165) is 0 Å². The molecule has 1 heterocycles. The van der Waals surface area contributed by atoms with Crippen molar-refractivity contribution < 1.29 is 19.4 Å². The molecule has 0 saturated carbocycles. The van der Waals surface area contributed by atoms with Crippen molar-refractivity contribution in [3.8, 4) is 0 Å². The number of ether oxygens (including phenoxy) is 2. The predicted octanol–water partition coefficient (Wildman–Crippen LogP) is 1.35. The fourth-order valence-corrected chi connectivity index (χ4v) is 1.51. The van der Waals surface area contributed by atoms with E-state index < -0.39 is 18.0 Å². The lowest BCUT2D eigenvalue weighted by atomic mass is 10.2. The first-order valence-electron chi connectivity index (χ1n) is 5.59. The molecule has 0 radical (unpaired) electrons. The van der Waals surface area contributed by atoms with Crippen LogP contribution in [0.25, 0.3) is 0 Å². The van der Waals surface area contributed by atoms with Crippen LogP contribution in [0.1, 0.15) is 34.1 Å². The number of carbonyl (C=O) groups is 1. The summed E-state index contributed by atoms with van der Waals surface area (Å²) in [5.74, 6) is 0. The van der Waals surface area contributed by atoms with Crippen molar-refractivity contribution in [2.75, 3.05) is 13.2 Å². The molecule has 0 unspecified atom stereocenters. The van der Waals surface area contributed by atoms with E-state index in [1.807, 2.05) is 27.7 Å². The summed E-state index contributed by atoms with van der Waals surface area (Å²) in [4.78, 5) is 13.4. The molecule has 0 aliphatic carbocycles. The highest BCUT2D eigenvalue weighted by Gasteiger charge is 2.29. The van der Waals surface area contributed by atoms with Crippen LogP contribution in [0, 0.1) is 0 Å². The minimum atomic E-state index is -0.919. The number of rotatable bonds is 0. The van der Waals surface area contributed by atoms with Crippen molar-refractivity contribution >= 4 is 6.09 Å². The molecule has 5 heteroatoms. The summed E-state index contributed by atoms with van der Waals surface area (Å²) < 4.78 is 10.4. The molecule has 0 spiro atoms. The maximum absolute atomic E-state index is 11.9. The number of aliphatic hydroxyl groups excluding tert-OH is 1. The topological polar surface area (TPSA) is 59.0 Å². The maximum Gasteiger partial charge on any atom is 0.410 e. The molecule has 5 nitrogen and oxygen atoms in total. The van der Waals surface area contributed by atoms with E-state index in [1.165, 1.54) is 4.90 Å². The Morgan fingerprint density at radius 2 is 2.12 bits per heavy atom. The summed E-state index contributed by atoms with van der Waals surface area (Å²) in [6, 6.07) is 0.0204. The van der Waals surface area contributed by atoms with Crippen molar-refractivity contribution in [3.05, 3.63) is 0 Å². The first-order chi connectivity index (χ1) is 7.29. The molecule has 1 saturated heterocycles. The number of hydrogen-bond acceptors (Lipinski definition) is 4. The van der Waals surface area contributed by atoms with Gasteiger partial charge in [0.15, 0.2) is 6.29 Å². The van der Waals surface area contributed by atoms with Crippen LogP contribution in [0.5, 0.6) is 0 Å². The van der Waals surface area contributed by atoms with Crippen molar-refractivity contribution in [2.24, 2.45) is 0 Å².